The van der Waals surface area contributed by atoms with Crippen molar-refractivity contribution in [2.45, 2.75) is 9.96 Å². The lowest BCUT2D eigenvalue weighted by molar-refractivity contribution is -0.122. The molecule has 0 unspecified atom stereocenters. The smallest absolute Gasteiger partial charge is 0.335 e. The molecule has 4 N–H and O–H groups in total. The predicted octanol–water partition coefficient (Wildman–Crippen LogP) is 2.45. The van der Waals surface area contributed by atoms with E-state index >= 15 is 0 Å². The lowest BCUT2D eigenvalue weighted by Gasteiger charge is -2.27. The number of nitrogens with one attached hydrogen (secondary N) is 3. The van der Waals surface area contributed by atoms with Crippen LogP contribution in [0.2, 0.25) is 0 Å². The minimum absolute atomic E-state index is 0.0430. The number of carboxylic acid groups (broad SMARTS) is 1. The maximum absolute atomic E-state index is 12.3. The monoisotopic (exact) mass is 401 g/mol. The number of thiocarbonyl (C=S) groups is 1. The third-order valence-corrected chi connectivity index (χ3v) is 3.27. The molecule has 0 aliphatic heterocycles. The number of anilines is 1. The van der Waals surface area contributed by atoms with E-state index in [4.69, 9.17) is 52.1 Å². The van der Waals surface area contributed by atoms with Crippen LogP contribution >= 0.6 is 47.0 Å². The summed E-state index contributed by atoms with van der Waals surface area (Å²) in [5, 5.41) is 16.1. The van der Waals surface area contributed by atoms with Gasteiger partial charge in [-0.15, -0.1) is 0 Å². The van der Waals surface area contributed by atoms with Crippen molar-refractivity contribution in [1.82, 2.24) is 10.6 Å². The number of amides is 1. The second kappa shape index (κ2) is 8.49. The van der Waals surface area contributed by atoms with Crippen molar-refractivity contribution in [3.8, 4) is 0 Å². The highest BCUT2D eigenvalue weighted by molar-refractivity contribution is 7.80. The molecule has 0 radical (unpaired) electrons. The molecular weight excluding hydrogens is 392 g/mol. The van der Waals surface area contributed by atoms with Gasteiger partial charge in [0.15, 0.2) is 11.8 Å². The van der Waals surface area contributed by atoms with Crippen LogP contribution in [0.25, 0.3) is 0 Å². The van der Waals surface area contributed by atoms with Gasteiger partial charge in [-0.2, -0.15) is 0 Å². The number of carbonyl (C=O) groups excluding carboxylic acids is 1. The number of carboxylic acids is 1. The molecule has 6 nitrogen and oxygen atoms in total. The molecule has 1 amide bonds. The Labute approximate surface area is 151 Å². The number of benzene rings is 1. The van der Waals surface area contributed by atoms with E-state index in [1.54, 1.807) is 6.07 Å². The highest BCUT2D eigenvalue weighted by Crippen LogP contribution is 2.29. The van der Waals surface area contributed by atoms with Crippen LogP contribution in [0.4, 0.5) is 10.1 Å². The average Bonchev–Trinajstić information content (AvgIpc) is 2.45. The lowest BCUT2D eigenvalue weighted by Crippen LogP contribution is -2.56. The van der Waals surface area contributed by atoms with Gasteiger partial charge in [-0.25, -0.2) is 9.18 Å². The van der Waals surface area contributed by atoms with E-state index < -0.39 is 28.5 Å². The van der Waals surface area contributed by atoms with E-state index in [-0.39, 0.29) is 10.7 Å². The molecule has 0 saturated carbocycles. The van der Waals surface area contributed by atoms with Crippen LogP contribution in [0, 0.1) is 0 Å². The molecule has 23 heavy (non-hydrogen) atoms. The van der Waals surface area contributed by atoms with Crippen LogP contribution in [0.5, 0.6) is 0 Å². The fraction of sp³-hybridized carbons (Fsp3) is 0.250. The minimum atomic E-state index is -2.00. The van der Waals surface area contributed by atoms with E-state index in [1.807, 2.05) is 0 Å². The Morgan fingerprint density at radius 2 is 1.96 bits per heavy atom. The molecule has 0 saturated heterocycles. The Balaban J connectivity index is 2.77. The molecule has 1 aromatic carbocycles. The van der Waals surface area contributed by atoms with Crippen molar-refractivity contribution in [2.75, 3.05) is 12.0 Å². The quantitative estimate of drug-likeness (QED) is 0.344. The van der Waals surface area contributed by atoms with Crippen LogP contribution < -0.4 is 16.0 Å². The Morgan fingerprint density at radius 3 is 2.48 bits per heavy atom. The Bertz CT molecular complexity index is 613. The summed E-state index contributed by atoms with van der Waals surface area (Å²) in [4.78, 5) is 22.0. The summed E-state index contributed by atoms with van der Waals surface area (Å²) in [6, 6.07) is 5.80. The van der Waals surface area contributed by atoms with E-state index in [9.17, 15) is 14.0 Å². The summed E-state index contributed by atoms with van der Waals surface area (Å²) in [7, 11) is 0. The van der Waals surface area contributed by atoms with E-state index in [0.29, 0.717) is 5.69 Å². The van der Waals surface area contributed by atoms with Gasteiger partial charge in [-0.05, 0) is 30.4 Å². The van der Waals surface area contributed by atoms with Crippen molar-refractivity contribution in [3.63, 3.8) is 0 Å². The molecule has 0 bridgehead atoms. The van der Waals surface area contributed by atoms with Gasteiger partial charge >= 0.3 is 5.97 Å². The van der Waals surface area contributed by atoms with Crippen LogP contribution in [-0.4, -0.2) is 38.7 Å². The first kappa shape index (κ1) is 19.7. The molecule has 11 heteroatoms. The van der Waals surface area contributed by atoms with Gasteiger partial charge < -0.3 is 21.1 Å². The molecule has 1 aromatic rings. The first-order valence-electron chi connectivity index (χ1n) is 5.96. The SMILES string of the molecule is O=C(CF)N[C@@H](NC(=S)Nc1cccc(C(=O)O)c1)C(Cl)(Cl)Cl. The summed E-state index contributed by atoms with van der Waals surface area (Å²) < 4.78 is 10.3. The molecule has 0 aliphatic rings. The highest BCUT2D eigenvalue weighted by Gasteiger charge is 2.34. The maximum atomic E-state index is 12.3. The fourth-order valence-electron chi connectivity index (χ4n) is 1.43. The van der Waals surface area contributed by atoms with E-state index in [2.05, 4.69) is 16.0 Å². The third kappa shape index (κ3) is 6.74. The minimum Gasteiger partial charge on any atom is -0.478 e. The predicted molar refractivity (Wildman–Crippen MR) is 91.0 cm³/mol. The molecule has 1 rings (SSSR count). The van der Waals surface area contributed by atoms with Crippen molar-refractivity contribution < 1.29 is 19.1 Å². The van der Waals surface area contributed by atoms with Crippen molar-refractivity contribution in [1.29, 1.82) is 0 Å². The summed E-state index contributed by atoms with van der Waals surface area (Å²) >= 11 is 22.0. The van der Waals surface area contributed by atoms with Crippen LogP contribution in [0.15, 0.2) is 24.3 Å². The summed E-state index contributed by atoms with van der Waals surface area (Å²) in [5.41, 5.74) is 0.406. The zero-order chi connectivity index (χ0) is 17.6. The fourth-order valence-corrected chi connectivity index (χ4v) is 1.99. The largest absolute Gasteiger partial charge is 0.478 e. The first-order chi connectivity index (χ1) is 10.6. The number of halogens is 4. The number of alkyl halides is 4. The Hall–Kier alpha value is -1.35. The van der Waals surface area contributed by atoms with E-state index in [0.717, 1.165) is 0 Å². The first-order valence-corrected chi connectivity index (χ1v) is 7.50. The summed E-state index contributed by atoms with van der Waals surface area (Å²) in [5.74, 6) is -2.11. The zero-order valence-electron chi connectivity index (χ0n) is 11.3. The highest BCUT2D eigenvalue weighted by atomic mass is 35.6. The number of rotatable bonds is 5. The second-order valence-electron chi connectivity index (χ2n) is 4.16. The lowest BCUT2D eigenvalue weighted by atomic mass is 10.2. The number of hydrogen-bond donors (Lipinski definition) is 4. The van der Waals surface area contributed by atoms with Gasteiger partial charge in [0, 0.05) is 5.69 Å². The molecule has 0 spiro atoms. The molecule has 126 valence electrons. The molecule has 0 heterocycles. The Kier molecular flexibility index (Phi) is 7.27. The standard InChI is InChI=1S/C12H11Cl3FN3O3S/c13-12(14,15)10(18-8(20)5-16)19-11(23)17-7-3-1-2-6(4-7)9(21)22/h1-4,10H,5H2,(H,18,20)(H,21,22)(H2,17,19,23)/t10-/m0/s1. The normalized spacial score (nSPS) is 12.2. The molecular formula is C12H11Cl3FN3O3S. The van der Waals surface area contributed by atoms with Crippen molar-refractivity contribution >= 4 is 69.7 Å². The summed E-state index contributed by atoms with van der Waals surface area (Å²) in [6.45, 7) is -1.29. The van der Waals surface area contributed by atoms with Gasteiger partial charge in [0.05, 0.1) is 5.56 Å². The third-order valence-electron chi connectivity index (χ3n) is 2.40. The van der Waals surface area contributed by atoms with Gasteiger partial charge in [-0.1, -0.05) is 40.9 Å². The molecule has 0 aromatic heterocycles. The van der Waals surface area contributed by atoms with Gasteiger partial charge in [0.2, 0.25) is 3.79 Å². The molecule has 1 atom stereocenters. The van der Waals surface area contributed by atoms with Crippen molar-refractivity contribution in [2.24, 2.45) is 0 Å². The van der Waals surface area contributed by atoms with Gasteiger partial charge in [0.25, 0.3) is 5.91 Å². The summed E-state index contributed by atoms with van der Waals surface area (Å²) in [6.07, 6.45) is -1.29. The Morgan fingerprint density at radius 1 is 1.30 bits per heavy atom. The van der Waals surface area contributed by atoms with Crippen LogP contribution in [0.3, 0.4) is 0 Å². The average molecular weight is 403 g/mol. The van der Waals surface area contributed by atoms with Gasteiger partial charge in [-0.3, -0.25) is 4.79 Å². The van der Waals surface area contributed by atoms with Crippen LogP contribution in [0.1, 0.15) is 10.4 Å². The number of aromatic carboxylic acids is 1. The number of hydrogen-bond acceptors (Lipinski definition) is 3. The topological polar surface area (TPSA) is 90.5 Å². The van der Waals surface area contributed by atoms with Gasteiger partial charge in [0.1, 0.15) is 6.17 Å². The maximum Gasteiger partial charge on any atom is 0.335 e. The van der Waals surface area contributed by atoms with Crippen molar-refractivity contribution in [3.05, 3.63) is 29.8 Å². The zero-order valence-corrected chi connectivity index (χ0v) is 14.4. The second-order valence-corrected chi connectivity index (χ2v) is 6.94. The number of carbonyl (C=O) groups is 2. The van der Waals surface area contributed by atoms with Crippen LogP contribution in [-0.2, 0) is 4.79 Å². The molecule has 0 fully saturated rings. The van der Waals surface area contributed by atoms with E-state index in [1.165, 1.54) is 18.2 Å². The molecule has 0 aliphatic carbocycles.